The van der Waals surface area contributed by atoms with Crippen LogP contribution in [0.25, 0.3) is 0 Å². The standard InChI is InChI=1S/C34H70NO7P/c1-6-8-10-12-14-16-17-18-19-21-23-25-27-34(36)42-33(32-41-43(37,38)40-30-28-35(3,4)5)31-39-29-26-24-22-20-15-13-11-9-7-2/h33H,6-32H2,1-5H3/p+1. The van der Waals surface area contributed by atoms with E-state index >= 15 is 0 Å². The number of hydrogen-bond donors (Lipinski definition) is 1. The van der Waals surface area contributed by atoms with Gasteiger partial charge in [-0.3, -0.25) is 13.8 Å². The summed E-state index contributed by atoms with van der Waals surface area (Å²) in [4.78, 5) is 22.6. The van der Waals surface area contributed by atoms with Crippen LogP contribution in [0.3, 0.4) is 0 Å². The van der Waals surface area contributed by atoms with E-state index in [-0.39, 0.29) is 25.8 Å². The van der Waals surface area contributed by atoms with Gasteiger partial charge >= 0.3 is 13.8 Å². The van der Waals surface area contributed by atoms with Crippen LogP contribution >= 0.6 is 7.82 Å². The van der Waals surface area contributed by atoms with Crippen LogP contribution in [-0.4, -0.2) is 75.6 Å². The molecule has 0 aliphatic heterocycles. The molecule has 0 saturated carbocycles. The second-order valence-corrected chi connectivity index (χ2v) is 14.7. The number of nitrogens with zero attached hydrogens (tertiary/aromatic N) is 1. The lowest BCUT2D eigenvalue weighted by molar-refractivity contribution is -0.870. The predicted octanol–water partition coefficient (Wildman–Crippen LogP) is 9.38. The maximum absolute atomic E-state index is 12.5. The third kappa shape index (κ3) is 32.7. The summed E-state index contributed by atoms with van der Waals surface area (Å²) in [6, 6.07) is 0. The van der Waals surface area contributed by atoms with Crippen LogP contribution in [0, 0.1) is 0 Å². The highest BCUT2D eigenvalue weighted by Crippen LogP contribution is 2.43. The van der Waals surface area contributed by atoms with E-state index in [2.05, 4.69) is 13.8 Å². The first-order chi connectivity index (χ1) is 20.6. The topological polar surface area (TPSA) is 91.3 Å². The minimum atomic E-state index is -4.25. The molecular weight excluding hydrogens is 565 g/mol. The van der Waals surface area contributed by atoms with E-state index in [0.29, 0.717) is 24.1 Å². The third-order valence-electron chi connectivity index (χ3n) is 7.67. The lowest BCUT2D eigenvalue weighted by Crippen LogP contribution is -2.37. The Kier molecular flexibility index (Phi) is 28.6. The first-order valence-electron chi connectivity index (χ1n) is 17.8. The van der Waals surface area contributed by atoms with Gasteiger partial charge in [0.2, 0.25) is 0 Å². The van der Waals surface area contributed by atoms with Gasteiger partial charge in [0.25, 0.3) is 0 Å². The summed E-state index contributed by atoms with van der Waals surface area (Å²) in [6.07, 6.45) is 25.5. The Bertz CT molecular complexity index is 672. The van der Waals surface area contributed by atoms with E-state index in [4.69, 9.17) is 18.5 Å². The molecular formula is C34H71NO7P+. The van der Waals surface area contributed by atoms with Crippen molar-refractivity contribution in [2.75, 3.05) is 54.1 Å². The van der Waals surface area contributed by atoms with Crippen molar-refractivity contribution in [3.8, 4) is 0 Å². The highest BCUT2D eigenvalue weighted by Gasteiger charge is 2.26. The summed E-state index contributed by atoms with van der Waals surface area (Å²) < 4.78 is 34.7. The van der Waals surface area contributed by atoms with Gasteiger partial charge in [-0.15, -0.1) is 0 Å². The lowest BCUT2D eigenvalue weighted by Gasteiger charge is -2.24. The number of rotatable bonds is 33. The molecule has 2 unspecified atom stereocenters. The summed E-state index contributed by atoms with van der Waals surface area (Å²) in [5, 5.41) is 0. The van der Waals surface area contributed by atoms with Gasteiger partial charge in [0, 0.05) is 13.0 Å². The van der Waals surface area contributed by atoms with Crippen molar-refractivity contribution >= 4 is 13.8 Å². The van der Waals surface area contributed by atoms with Crippen molar-refractivity contribution < 1.29 is 37.3 Å². The molecule has 0 aromatic carbocycles. The van der Waals surface area contributed by atoms with Crippen LogP contribution in [0.15, 0.2) is 0 Å². The maximum Gasteiger partial charge on any atom is 0.472 e. The van der Waals surface area contributed by atoms with Crippen molar-refractivity contribution in [2.45, 2.75) is 161 Å². The molecule has 43 heavy (non-hydrogen) atoms. The highest BCUT2D eigenvalue weighted by molar-refractivity contribution is 7.47. The molecule has 1 N–H and O–H groups in total. The van der Waals surface area contributed by atoms with Gasteiger partial charge in [-0.1, -0.05) is 136 Å². The van der Waals surface area contributed by atoms with Gasteiger partial charge in [-0.05, 0) is 12.8 Å². The second kappa shape index (κ2) is 28.9. The molecule has 0 saturated heterocycles. The number of likely N-dealkylation sites (N-methyl/N-ethyl adjacent to an activating group) is 1. The van der Waals surface area contributed by atoms with Crippen molar-refractivity contribution in [1.29, 1.82) is 0 Å². The Hall–Kier alpha value is -0.500. The van der Waals surface area contributed by atoms with Crippen LogP contribution in [0.2, 0.25) is 0 Å². The number of esters is 1. The summed E-state index contributed by atoms with van der Waals surface area (Å²) in [6.45, 7) is 5.62. The van der Waals surface area contributed by atoms with E-state index in [1.165, 1.54) is 103 Å². The molecule has 2 atom stereocenters. The fourth-order valence-corrected chi connectivity index (χ4v) is 5.59. The van der Waals surface area contributed by atoms with E-state index in [0.717, 1.165) is 32.1 Å². The highest BCUT2D eigenvalue weighted by atomic mass is 31.2. The smallest absolute Gasteiger partial charge is 0.457 e. The van der Waals surface area contributed by atoms with Crippen molar-refractivity contribution in [3.63, 3.8) is 0 Å². The Labute approximate surface area is 266 Å². The average Bonchev–Trinajstić information content (AvgIpc) is 2.94. The molecule has 0 heterocycles. The maximum atomic E-state index is 12.5. The molecule has 0 aromatic heterocycles. The van der Waals surface area contributed by atoms with Gasteiger partial charge in [0.1, 0.15) is 19.3 Å². The number of phosphoric acid groups is 1. The van der Waals surface area contributed by atoms with Gasteiger partial charge < -0.3 is 18.9 Å². The van der Waals surface area contributed by atoms with Gasteiger partial charge in [-0.2, -0.15) is 0 Å². The number of hydrogen-bond acceptors (Lipinski definition) is 6. The van der Waals surface area contributed by atoms with Crippen molar-refractivity contribution in [2.24, 2.45) is 0 Å². The molecule has 0 amide bonds. The lowest BCUT2D eigenvalue weighted by atomic mass is 10.0. The van der Waals surface area contributed by atoms with Crippen LogP contribution in [-0.2, 0) is 27.9 Å². The minimum Gasteiger partial charge on any atom is -0.457 e. The Balaban J connectivity index is 4.31. The molecule has 9 heteroatoms. The first-order valence-corrected chi connectivity index (χ1v) is 19.3. The monoisotopic (exact) mass is 636 g/mol. The Morgan fingerprint density at radius 3 is 1.53 bits per heavy atom. The van der Waals surface area contributed by atoms with Crippen LogP contribution in [0.5, 0.6) is 0 Å². The molecule has 0 fully saturated rings. The number of quaternary nitrogens is 1. The zero-order chi connectivity index (χ0) is 32.1. The fraction of sp³-hybridized carbons (Fsp3) is 0.971. The first kappa shape index (κ1) is 42.5. The largest absolute Gasteiger partial charge is 0.472 e. The number of carbonyl (C=O) groups excluding carboxylic acids is 1. The van der Waals surface area contributed by atoms with E-state index in [9.17, 15) is 14.3 Å². The molecule has 0 aromatic rings. The van der Waals surface area contributed by atoms with Crippen molar-refractivity contribution in [1.82, 2.24) is 0 Å². The number of phosphoric ester groups is 1. The molecule has 8 nitrogen and oxygen atoms in total. The third-order valence-corrected chi connectivity index (χ3v) is 8.65. The quantitative estimate of drug-likeness (QED) is 0.0332. The predicted molar refractivity (Wildman–Crippen MR) is 178 cm³/mol. The normalized spacial score (nSPS) is 14.1. The van der Waals surface area contributed by atoms with Gasteiger partial charge in [-0.25, -0.2) is 4.57 Å². The fourth-order valence-electron chi connectivity index (χ4n) is 4.85. The molecule has 0 spiro atoms. The van der Waals surface area contributed by atoms with Crippen LogP contribution in [0.1, 0.15) is 155 Å². The summed E-state index contributed by atoms with van der Waals surface area (Å²) >= 11 is 0. The van der Waals surface area contributed by atoms with E-state index < -0.39 is 13.9 Å². The summed E-state index contributed by atoms with van der Waals surface area (Å²) in [5.74, 6) is -0.314. The van der Waals surface area contributed by atoms with Crippen LogP contribution in [0.4, 0.5) is 0 Å². The minimum absolute atomic E-state index is 0.0931. The molecule has 0 aliphatic rings. The average molecular weight is 637 g/mol. The molecule has 0 radical (unpaired) electrons. The molecule has 0 bridgehead atoms. The van der Waals surface area contributed by atoms with Crippen molar-refractivity contribution in [3.05, 3.63) is 0 Å². The zero-order valence-electron chi connectivity index (χ0n) is 29.0. The SMILES string of the molecule is CCCCCCCCCCCCCCC(=O)OC(COCCCCCCCCCCC)COP(=O)(O)OCC[N+](C)(C)C. The van der Waals surface area contributed by atoms with E-state index in [1.54, 1.807) is 0 Å². The summed E-state index contributed by atoms with van der Waals surface area (Å²) in [5.41, 5.74) is 0. The summed E-state index contributed by atoms with van der Waals surface area (Å²) in [7, 11) is 1.68. The second-order valence-electron chi connectivity index (χ2n) is 13.3. The van der Waals surface area contributed by atoms with E-state index in [1.807, 2.05) is 21.1 Å². The Morgan fingerprint density at radius 1 is 0.628 bits per heavy atom. The molecule has 258 valence electrons. The molecule has 0 rings (SSSR count). The van der Waals surface area contributed by atoms with Gasteiger partial charge in [0.15, 0.2) is 0 Å². The number of ether oxygens (including phenoxy) is 2. The van der Waals surface area contributed by atoms with Crippen LogP contribution < -0.4 is 0 Å². The number of unbranched alkanes of at least 4 members (excludes halogenated alkanes) is 19. The van der Waals surface area contributed by atoms with Gasteiger partial charge in [0.05, 0.1) is 34.4 Å². The Morgan fingerprint density at radius 2 is 1.07 bits per heavy atom. The molecule has 0 aliphatic carbocycles. The number of carbonyl (C=O) groups is 1. The zero-order valence-corrected chi connectivity index (χ0v) is 29.9.